The van der Waals surface area contributed by atoms with Gasteiger partial charge in [-0.15, -0.1) is 0 Å². The molecule has 0 amide bonds. The van der Waals surface area contributed by atoms with Crippen LogP contribution in [0.5, 0.6) is 17.2 Å². The molecule has 1 aromatic carbocycles. The average Bonchev–Trinajstić information content (AvgIpc) is 2.84. The minimum Gasteiger partial charge on any atom is -0.493 e. The van der Waals surface area contributed by atoms with Crippen LogP contribution in [0.4, 0.5) is 4.39 Å². The minimum absolute atomic E-state index is 0.0822. The average molecular weight is 272 g/mol. The number of carbonyl (C=O) groups is 1. The molecule has 19 heavy (non-hydrogen) atoms. The van der Waals surface area contributed by atoms with E-state index in [1.165, 1.54) is 7.11 Å². The van der Waals surface area contributed by atoms with Crippen LogP contribution in [0, 0.1) is 5.82 Å². The predicted octanol–water partition coefficient (Wildman–Crippen LogP) is 1.16. The van der Waals surface area contributed by atoms with Crippen LogP contribution in [0.3, 0.4) is 0 Å². The number of methoxy groups -OCH3 is 1. The molecule has 7 heteroatoms. The molecule has 0 aliphatic carbocycles. The Kier molecular flexibility index (Phi) is 3.75. The van der Waals surface area contributed by atoms with Crippen LogP contribution >= 0.6 is 0 Å². The van der Waals surface area contributed by atoms with Gasteiger partial charge in [0.25, 0.3) is 0 Å². The third kappa shape index (κ3) is 2.28. The molecule has 0 aromatic heterocycles. The normalized spacial score (nSPS) is 14.1. The van der Waals surface area contributed by atoms with Crippen LogP contribution in [-0.4, -0.2) is 31.6 Å². The van der Waals surface area contributed by atoms with E-state index in [1.807, 2.05) is 0 Å². The lowest BCUT2D eigenvalue weighted by atomic mass is 10.1. The summed E-state index contributed by atoms with van der Waals surface area (Å²) in [7, 11) is 1.22. The Morgan fingerprint density at radius 3 is 2.95 bits per heavy atom. The molecule has 0 radical (unpaired) electrons. The van der Waals surface area contributed by atoms with Crippen LogP contribution in [-0.2, 0) is 9.53 Å². The number of halogens is 1. The van der Waals surface area contributed by atoms with E-state index in [1.54, 1.807) is 6.92 Å². The summed E-state index contributed by atoms with van der Waals surface area (Å²) in [6.45, 7) is 1.56. The van der Waals surface area contributed by atoms with E-state index < -0.39 is 17.9 Å². The fraction of sp³-hybridized carbons (Fsp3) is 0.417. The standard InChI is InChI=1S/C12H13FO6/c1-3-17-12(15)9(14)8-10(16-2)6(13)4-7-11(8)19-5-18-7/h4,9,14H,3,5H2,1-2H3. The van der Waals surface area contributed by atoms with E-state index in [-0.39, 0.29) is 36.2 Å². The van der Waals surface area contributed by atoms with Crippen molar-refractivity contribution in [1.29, 1.82) is 0 Å². The smallest absolute Gasteiger partial charge is 0.339 e. The molecule has 1 aliphatic rings. The molecule has 0 saturated carbocycles. The quantitative estimate of drug-likeness (QED) is 0.829. The third-order valence-electron chi connectivity index (χ3n) is 2.59. The zero-order valence-electron chi connectivity index (χ0n) is 10.4. The Labute approximate surface area is 108 Å². The van der Waals surface area contributed by atoms with Gasteiger partial charge in [0.1, 0.15) is 0 Å². The molecule has 0 fully saturated rings. The fourth-order valence-corrected chi connectivity index (χ4v) is 1.81. The fourth-order valence-electron chi connectivity index (χ4n) is 1.81. The highest BCUT2D eigenvalue weighted by atomic mass is 19.1. The highest BCUT2D eigenvalue weighted by Crippen LogP contribution is 2.45. The number of aliphatic hydroxyl groups is 1. The van der Waals surface area contributed by atoms with E-state index in [0.29, 0.717) is 0 Å². The number of carbonyl (C=O) groups excluding carboxylic acids is 1. The molecule has 6 nitrogen and oxygen atoms in total. The summed E-state index contributed by atoms with van der Waals surface area (Å²) in [5, 5.41) is 9.96. The first-order valence-corrected chi connectivity index (χ1v) is 5.60. The number of aliphatic hydroxyl groups excluding tert-OH is 1. The van der Waals surface area contributed by atoms with Gasteiger partial charge in [0.05, 0.1) is 19.3 Å². The van der Waals surface area contributed by atoms with Gasteiger partial charge in [0.15, 0.2) is 29.2 Å². The molecule has 0 spiro atoms. The van der Waals surface area contributed by atoms with Crippen LogP contribution in [0.2, 0.25) is 0 Å². The Morgan fingerprint density at radius 1 is 1.58 bits per heavy atom. The lowest BCUT2D eigenvalue weighted by Gasteiger charge is -2.16. The van der Waals surface area contributed by atoms with E-state index in [9.17, 15) is 14.3 Å². The van der Waals surface area contributed by atoms with E-state index in [2.05, 4.69) is 0 Å². The van der Waals surface area contributed by atoms with Gasteiger partial charge in [0.2, 0.25) is 6.79 Å². The number of benzene rings is 1. The summed E-state index contributed by atoms with van der Waals surface area (Å²) in [4.78, 5) is 11.6. The van der Waals surface area contributed by atoms with Gasteiger partial charge in [-0.2, -0.15) is 0 Å². The number of esters is 1. The minimum atomic E-state index is -1.71. The van der Waals surface area contributed by atoms with Crippen LogP contribution in [0.1, 0.15) is 18.6 Å². The summed E-state index contributed by atoms with van der Waals surface area (Å²) in [5.74, 6) is -1.76. The molecule has 1 unspecified atom stereocenters. The van der Waals surface area contributed by atoms with Gasteiger partial charge in [-0.1, -0.05) is 0 Å². The Balaban J connectivity index is 2.51. The van der Waals surface area contributed by atoms with Crippen molar-refractivity contribution in [3.05, 3.63) is 17.4 Å². The van der Waals surface area contributed by atoms with Crippen molar-refractivity contribution in [3.8, 4) is 17.2 Å². The van der Waals surface area contributed by atoms with Gasteiger partial charge in [-0.3, -0.25) is 0 Å². The molecular formula is C12H13FO6. The van der Waals surface area contributed by atoms with Gasteiger partial charge in [-0.05, 0) is 6.92 Å². The maximum absolute atomic E-state index is 13.8. The van der Waals surface area contributed by atoms with Crippen LogP contribution < -0.4 is 14.2 Å². The van der Waals surface area contributed by atoms with E-state index >= 15 is 0 Å². The number of rotatable bonds is 4. The Morgan fingerprint density at radius 2 is 2.32 bits per heavy atom. The molecule has 1 heterocycles. The molecule has 0 bridgehead atoms. The predicted molar refractivity (Wildman–Crippen MR) is 60.7 cm³/mol. The first-order chi connectivity index (χ1) is 9.10. The Hall–Kier alpha value is -2.02. The van der Waals surface area contributed by atoms with Crippen LogP contribution in [0.25, 0.3) is 0 Å². The molecular weight excluding hydrogens is 259 g/mol. The topological polar surface area (TPSA) is 74.2 Å². The summed E-state index contributed by atoms with van der Waals surface area (Å²) >= 11 is 0. The lowest BCUT2D eigenvalue weighted by molar-refractivity contribution is -0.153. The van der Waals surface area contributed by atoms with Crippen molar-refractivity contribution in [3.63, 3.8) is 0 Å². The summed E-state index contributed by atoms with van der Waals surface area (Å²) < 4.78 is 33.5. The monoisotopic (exact) mass is 272 g/mol. The second-order valence-electron chi connectivity index (χ2n) is 3.69. The highest BCUT2D eigenvalue weighted by Gasteiger charge is 2.33. The zero-order chi connectivity index (χ0) is 14.0. The second-order valence-corrected chi connectivity index (χ2v) is 3.69. The molecule has 1 aliphatic heterocycles. The SMILES string of the molecule is CCOC(=O)C(O)c1c(OC)c(F)cc2c1OCO2. The molecule has 0 saturated heterocycles. The largest absolute Gasteiger partial charge is 0.493 e. The molecule has 1 atom stereocenters. The van der Waals surface area contributed by atoms with Crippen molar-refractivity contribution in [1.82, 2.24) is 0 Å². The summed E-state index contributed by atoms with van der Waals surface area (Å²) in [5.41, 5.74) is -0.131. The number of hydrogen-bond donors (Lipinski definition) is 1. The highest BCUT2D eigenvalue weighted by molar-refractivity contribution is 5.79. The third-order valence-corrected chi connectivity index (χ3v) is 2.59. The van der Waals surface area contributed by atoms with Crippen LogP contribution in [0.15, 0.2) is 6.07 Å². The number of hydrogen-bond acceptors (Lipinski definition) is 6. The molecule has 1 N–H and O–H groups in total. The van der Waals surface area contributed by atoms with Crippen molar-refractivity contribution < 1.29 is 33.2 Å². The van der Waals surface area contributed by atoms with Gasteiger partial charge < -0.3 is 24.1 Å². The second kappa shape index (κ2) is 5.31. The molecule has 1 aromatic rings. The molecule has 104 valence electrons. The Bertz CT molecular complexity index is 498. The maximum Gasteiger partial charge on any atom is 0.339 e. The molecule has 2 rings (SSSR count). The summed E-state index contributed by atoms with van der Waals surface area (Å²) in [6.07, 6.45) is -1.71. The first kappa shape index (κ1) is 13.4. The van der Waals surface area contributed by atoms with E-state index in [4.69, 9.17) is 18.9 Å². The maximum atomic E-state index is 13.8. The first-order valence-electron chi connectivity index (χ1n) is 5.60. The van der Waals surface area contributed by atoms with Gasteiger partial charge in [0, 0.05) is 6.07 Å². The number of fused-ring (bicyclic) bond motifs is 1. The van der Waals surface area contributed by atoms with Crippen molar-refractivity contribution in [2.75, 3.05) is 20.5 Å². The van der Waals surface area contributed by atoms with Gasteiger partial charge in [-0.25, -0.2) is 9.18 Å². The zero-order valence-corrected chi connectivity index (χ0v) is 10.4. The van der Waals surface area contributed by atoms with E-state index in [0.717, 1.165) is 6.07 Å². The summed E-state index contributed by atoms with van der Waals surface area (Å²) in [6, 6.07) is 1.07. The van der Waals surface area contributed by atoms with Crippen molar-refractivity contribution in [2.24, 2.45) is 0 Å². The van der Waals surface area contributed by atoms with Crippen molar-refractivity contribution in [2.45, 2.75) is 13.0 Å². The lowest BCUT2D eigenvalue weighted by Crippen LogP contribution is -2.17. The van der Waals surface area contributed by atoms with Crippen molar-refractivity contribution >= 4 is 5.97 Å². The number of ether oxygens (including phenoxy) is 4. The van der Waals surface area contributed by atoms with Gasteiger partial charge >= 0.3 is 5.97 Å².